The van der Waals surface area contributed by atoms with Crippen LogP contribution in [0.5, 0.6) is 0 Å². The van der Waals surface area contributed by atoms with Crippen LogP contribution < -0.4 is 5.32 Å². The van der Waals surface area contributed by atoms with Crippen molar-refractivity contribution in [1.82, 2.24) is 4.90 Å². The Morgan fingerprint density at radius 2 is 1.81 bits per heavy atom. The van der Waals surface area contributed by atoms with E-state index in [4.69, 9.17) is 0 Å². The first kappa shape index (κ1) is 15.5. The number of likely N-dealkylation sites (tertiary alicyclic amines) is 1. The van der Waals surface area contributed by atoms with E-state index in [-0.39, 0.29) is 5.91 Å². The Kier molecular flexibility index (Phi) is 4.63. The first-order valence-corrected chi connectivity index (χ1v) is 7.21. The van der Waals surface area contributed by atoms with Crippen LogP contribution >= 0.6 is 0 Å². The maximum Gasteiger partial charge on any atom is 0.309 e. The molecule has 0 atom stereocenters. The number of carboxylic acids is 1. The van der Waals surface area contributed by atoms with E-state index in [2.05, 4.69) is 5.32 Å². The van der Waals surface area contributed by atoms with Crippen LogP contribution in [-0.2, 0) is 9.59 Å². The van der Waals surface area contributed by atoms with Crippen LogP contribution in [0.3, 0.4) is 0 Å². The zero-order valence-corrected chi connectivity index (χ0v) is 12.6. The summed E-state index contributed by atoms with van der Waals surface area (Å²) >= 11 is 0. The maximum atomic E-state index is 12.0. The molecule has 1 saturated heterocycles. The van der Waals surface area contributed by atoms with Crippen molar-refractivity contribution >= 4 is 17.6 Å². The van der Waals surface area contributed by atoms with Gasteiger partial charge in [0.25, 0.3) is 0 Å². The normalized spacial score (nSPS) is 18.2. The van der Waals surface area contributed by atoms with Crippen molar-refractivity contribution in [2.75, 3.05) is 25.0 Å². The van der Waals surface area contributed by atoms with Crippen molar-refractivity contribution in [1.29, 1.82) is 0 Å². The lowest BCUT2D eigenvalue weighted by atomic mass is 9.80. The molecule has 5 heteroatoms. The van der Waals surface area contributed by atoms with E-state index in [0.29, 0.717) is 32.5 Å². The van der Waals surface area contributed by atoms with Gasteiger partial charge < -0.3 is 10.4 Å². The number of nitrogens with zero attached hydrogens (tertiary/aromatic N) is 1. The number of carbonyl (C=O) groups excluding carboxylic acids is 1. The number of carboxylic acid groups (broad SMARTS) is 1. The van der Waals surface area contributed by atoms with E-state index in [1.54, 1.807) is 6.92 Å². The van der Waals surface area contributed by atoms with E-state index in [9.17, 15) is 14.7 Å². The van der Waals surface area contributed by atoms with Gasteiger partial charge in [0.05, 0.1) is 12.0 Å². The second-order valence-electron chi connectivity index (χ2n) is 6.06. The molecule has 0 spiro atoms. The summed E-state index contributed by atoms with van der Waals surface area (Å²) in [5.41, 5.74) is 1.29. The van der Waals surface area contributed by atoms with Gasteiger partial charge in [-0.05, 0) is 51.9 Å². The number of amides is 1. The Hall–Kier alpha value is -1.88. The highest BCUT2D eigenvalue weighted by molar-refractivity contribution is 5.92. The van der Waals surface area contributed by atoms with Gasteiger partial charge in [0.2, 0.25) is 5.91 Å². The lowest BCUT2D eigenvalue weighted by molar-refractivity contribution is -0.150. The zero-order valence-electron chi connectivity index (χ0n) is 12.6. The molecule has 1 fully saturated rings. The van der Waals surface area contributed by atoms with Crippen LogP contribution in [0.1, 0.15) is 25.3 Å². The smallest absolute Gasteiger partial charge is 0.309 e. The van der Waals surface area contributed by atoms with Crippen LogP contribution in [0.2, 0.25) is 0 Å². The van der Waals surface area contributed by atoms with Crippen LogP contribution in [0.25, 0.3) is 0 Å². The molecule has 1 aromatic rings. The van der Waals surface area contributed by atoms with Crippen molar-refractivity contribution in [3.63, 3.8) is 0 Å². The summed E-state index contributed by atoms with van der Waals surface area (Å²) in [5, 5.41) is 12.0. The van der Waals surface area contributed by atoms with Crippen LogP contribution in [0.15, 0.2) is 24.3 Å². The Labute approximate surface area is 125 Å². The number of hydrogen-bond acceptors (Lipinski definition) is 3. The Morgan fingerprint density at radius 3 is 2.33 bits per heavy atom. The summed E-state index contributed by atoms with van der Waals surface area (Å²) in [4.78, 5) is 25.2. The number of benzene rings is 1. The predicted molar refractivity (Wildman–Crippen MR) is 81.2 cm³/mol. The van der Waals surface area contributed by atoms with Crippen molar-refractivity contribution in [3.05, 3.63) is 29.8 Å². The number of piperidine rings is 1. The molecule has 1 aromatic carbocycles. The number of aryl methyl sites for hydroxylation is 1. The van der Waals surface area contributed by atoms with Gasteiger partial charge in [0.1, 0.15) is 0 Å². The second-order valence-corrected chi connectivity index (χ2v) is 6.06. The highest BCUT2D eigenvalue weighted by atomic mass is 16.4. The number of anilines is 1. The van der Waals surface area contributed by atoms with Gasteiger partial charge in [-0.25, -0.2) is 0 Å². The lowest BCUT2D eigenvalue weighted by Crippen LogP contribution is -2.45. The van der Waals surface area contributed by atoms with Crippen LogP contribution in [-0.4, -0.2) is 41.5 Å². The van der Waals surface area contributed by atoms with Crippen molar-refractivity contribution in [2.45, 2.75) is 26.7 Å². The van der Waals surface area contributed by atoms with E-state index >= 15 is 0 Å². The van der Waals surface area contributed by atoms with Crippen molar-refractivity contribution in [2.24, 2.45) is 5.41 Å². The average Bonchev–Trinajstić information content (AvgIpc) is 2.44. The fourth-order valence-electron chi connectivity index (χ4n) is 2.46. The minimum atomic E-state index is -0.744. The lowest BCUT2D eigenvalue weighted by Gasteiger charge is -2.35. The Balaban J connectivity index is 1.82. The SMILES string of the molecule is Cc1ccc(NC(=O)CN2CCC(C)(C(=O)O)CC2)cc1. The molecule has 2 N–H and O–H groups in total. The summed E-state index contributed by atoms with van der Waals surface area (Å²) in [6.07, 6.45) is 1.17. The number of aliphatic carboxylic acids is 1. The highest BCUT2D eigenvalue weighted by Crippen LogP contribution is 2.30. The van der Waals surface area contributed by atoms with Crippen LogP contribution in [0, 0.1) is 12.3 Å². The summed E-state index contributed by atoms with van der Waals surface area (Å²) in [6.45, 7) is 5.37. The molecule has 0 unspecified atom stereocenters. The zero-order chi connectivity index (χ0) is 15.5. The molecule has 0 radical (unpaired) electrons. The largest absolute Gasteiger partial charge is 0.481 e. The number of hydrogen-bond donors (Lipinski definition) is 2. The Bertz CT molecular complexity index is 517. The Morgan fingerprint density at radius 1 is 1.24 bits per heavy atom. The van der Waals surface area contributed by atoms with E-state index in [1.165, 1.54) is 0 Å². The van der Waals surface area contributed by atoms with Gasteiger partial charge in [-0.1, -0.05) is 17.7 Å². The molecule has 0 aliphatic carbocycles. The molecule has 1 aliphatic rings. The minimum Gasteiger partial charge on any atom is -0.481 e. The molecular weight excluding hydrogens is 268 g/mol. The second kappa shape index (κ2) is 6.26. The first-order chi connectivity index (χ1) is 9.89. The van der Waals surface area contributed by atoms with Gasteiger partial charge in [-0.3, -0.25) is 14.5 Å². The van der Waals surface area contributed by atoms with E-state index < -0.39 is 11.4 Å². The molecule has 1 heterocycles. The van der Waals surface area contributed by atoms with E-state index in [0.717, 1.165) is 11.3 Å². The van der Waals surface area contributed by atoms with Crippen molar-refractivity contribution in [3.8, 4) is 0 Å². The number of carbonyl (C=O) groups is 2. The van der Waals surface area contributed by atoms with Gasteiger partial charge >= 0.3 is 5.97 Å². The molecule has 0 aromatic heterocycles. The molecular formula is C16H22N2O3. The molecule has 1 amide bonds. The molecule has 21 heavy (non-hydrogen) atoms. The molecule has 1 aliphatic heterocycles. The third kappa shape index (κ3) is 4.04. The summed E-state index contributed by atoms with van der Waals surface area (Å²) in [7, 11) is 0. The van der Waals surface area contributed by atoms with Gasteiger partial charge in [0.15, 0.2) is 0 Å². The fraction of sp³-hybridized carbons (Fsp3) is 0.500. The quantitative estimate of drug-likeness (QED) is 0.891. The monoisotopic (exact) mass is 290 g/mol. The van der Waals surface area contributed by atoms with E-state index in [1.807, 2.05) is 36.1 Å². The third-order valence-corrected chi connectivity index (χ3v) is 4.18. The summed E-state index contributed by atoms with van der Waals surface area (Å²) < 4.78 is 0. The third-order valence-electron chi connectivity index (χ3n) is 4.18. The predicted octanol–water partition coefficient (Wildman–Crippen LogP) is 2.12. The average molecular weight is 290 g/mol. The van der Waals surface area contributed by atoms with Crippen molar-refractivity contribution < 1.29 is 14.7 Å². The molecule has 0 bridgehead atoms. The van der Waals surface area contributed by atoms with Gasteiger partial charge in [-0.15, -0.1) is 0 Å². The molecule has 2 rings (SSSR count). The maximum absolute atomic E-state index is 12.0. The number of nitrogens with one attached hydrogen (secondary N) is 1. The molecule has 5 nitrogen and oxygen atoms in total. The molecule has 114 valence electrons. The van der Waals surface area contributed by atoms with Crippen LogP contribution in [0.4, 0.5) is 5.69 Å². The first-order valence-electron chi connectivity index (χ1n) is 7.21. The van der Waals surface area contributed by atoms with Gasteiger partial charge in [0, 0.05) is 5.69 Å². The standard InChI is InChI=1S/C16H22N2O3/c1-12-3-5-13(6-4-12)17-14(19)11-18-9-7-16(2,8-10-18)15(20)21/h3-6H,7-11H2,1-2H3,(H,17,19)(H,20,21). The summed E-state index contributed by atoms with van der Waals surface area (Å²) in [5.74, 6) is -0.802. The minimum absolute atomic E-state index is 0.0576. The summed E-state index contributed by atoms with van der Waals surface area (Å²) in [6, 6.07) is 7.67. The number of rotatable bonds is 4. The highest BCUT2D eigenvalue weighted by Gasteiger charge is 2.37. The van der Waals surface area contributed by atoms with Gasteiger partial charge in [-0.2, -0.15) is 0 Å². The topological polar surface area (TPSA) is 69.6 Å². The fourth-order valence-corrected chi connectivity index (χ4v) is 2.46. The molecule has 0 saturated carbocycles.